The van der Waals surface area contributed by atoms with Crippen molar-refractivity contribution in [3.8, 4) is 5.75 Å². The summed E-state index contributed by atoms with van der Waals surface area (Å²) < 4.78 is 6.15. The molecule has 2 N–H and O–H groups in total. The number of hydrogen-bond acceptors (Lipinski definition) is 1. The molecule has 0 unspecified atom stereocenters. The van der Waals surface area contributed by atoms with E-state index in [-0.39, 0.29) is 0 Å². The van der Waals surface area contributed by atoms with Crippen molar-refractivity contribution in [2.45, 2.75) is 18.0 Å². The summed E-state index contributed by atoms with van der Waals surface area (Å²) in [5.74, 6) is 2.00. The number of para-hydroxylation sites is 1. The van der Waals surface area contributed by atoms with Crippen molar-refractivity contribution in [1.29, 1.82) is 0 Å². The molecule has 4 atom stereocenters. The Kier molecular flexibility index (Phi) is 3.57. The molecule has 0 saturated carbocycles. The van der Waals surface area contributed by atoms with E-state index >= 15 is 0 Å². The van der Waals surface area contributed by atoms with Gasteiger partial charge in [-0.3, -0.25) is 0 Å². The Labute approximate surface area is 148 Å². The van der Waals surface area contributed by atoms with Crippen molar-refractivity contribution in [2.75, 3.05) is 6.61 Å². The van der Waals surface area contributed by atoms with Gasteiger partial charge in [0.05, 0.1) is 24.0 Å². The maximum Gasteiger partial charge on any atom is 0.128 e. The average Bonchev–Trinajstić information content (AvgIpc) is 3.09. The van der Waals surface area contributed by atoms with E-state index in [1.807, 2.05) is 0 Å². The van der Waals surface area contributed by atoms with Crippen LogP contribution < -0.4 is 10.1 Å². The fraction of sp³-hybridized carbons (Fsp3) is 0.217. The Hall–Kier alpha value is -2.58. The van der Waals surface area contributed by atoms with E-state index in [2.05, 4.69) is 90.2 Å². The number of ether oxygens (including phenoxy) is 1. The maximum absolute atomic E-state index is 6.15. The van der Waals surface area contributed by atoms with Gasteiger partial charge >= 0.3 is 0 Å². The average molecular weight is 328 g/mol. The minimum absolute atomic E-state index is 0.424. The summed E-state index contributed by atoms with van der Waals surface area (Å²) in [5.41, 5.74) is 4.17. The molecule has 0 radical (unpaired) electrons. The fourth-order valence-electron chi connectivity index (χ4n) is 4.71. The number of fused-ring (bicyclic) bond motifs is 3. The Morgan fingerprint density at radius 3 is 2.08 bits per heavy atom. The van der Waals surface area contributed by atoms with Crippen LogP contribution in [0.5, 0.6) is 5.75 Å². The van der Waals surface area contributed by atoms with Crippen LogP contribution in [-0.4, -0.2) is 6.61 Å². The molecule has 5 rings (SSSR count). The second kappa shape index (κ2) is 6.05. The molecule has 1 saturated heterocycles. The smallest absolute Gasteiger partial charge is 0.128 e. The first-order valence-corrected chi connectivity index (χ1v) is 9.08. The second-order valence-corrected chi connectivity index (χ2v) is 7.10. The van der Waals surface area contributed by atoms with E-state index in [0.29, 0.717) is 23.9 Å². The van der Waals surface area contributed by atoms with Crippen molar-refractivity contribution in [3.05, 3.63) is 102 Å². The fourth-order valence-corrected chi connectivity index (χ4v) is 4.71. The molecule has 3 aromatic carbocycles. The topological polar surface area (TPSA) is 25.8 Å². The molecule has 0 bridgehead atoms. The second-order valence-electron chi connectivity index (χ2n) is 7.10. The molecule has 2 heteroatoms. The first-order valence-electron chi connectivity index (χ1n) is 9.08. The zero-order valence-electron chi connectivity index (χ0n) is 14.1. The third-order valence-electron chi connectivity index (χ3n) is 5.80. The zero-order valence-corrected chi connectivity index (χ0v) is 14.1. The van der Waals surface area contributed by atoms with Crippen LogP contribution >= 0.6 is 0 Å². The Morgan fingerprint density at radius 2 is 1.32 bits per heavy atom. The van der Waals surface area contributed by atoms with Gasteiger partial charge in [0, 0.05) is 5.56 Å². The van der Waals surface area contributed by atoms with Gasteiger partial charge in [0.1, 0.15) is 17.8 Å². The van der Waals surface area contributed by atoms with Crippen molar-refractivity contribution in [2.24, 2.45) is 5.92 Å². The molecule has 0 amide bonds. The lowest BCUT2D eigenvalue weighted by atomic mass is 9.78. The predicted octanol–water partition coefficient (Wildman–Crippen LogP) is 3.84. The normalized spacial score (nSPS) is 27.2. The zero-order chi connectivity index (χ0) is 16.6. The van der Waals surface area contributed by atoms with Crippen LogP contribution in [0.2, 0.25) is 0 Å². The number of hydrogen-bond donors (Lipinski definition) is 1. The highest BCUT2D eigenvalue weighted by Gasteiger charge is 2.51. The van der Waals surface area contributed by atoms with E-state index in [1.165, 1.54) is 16.7 Å². The third-order valence-corrected chi connectivity index (χ3v) is 5.80. The van der Waals surface area contributed by atoms with Gasteiger partial charge in [-0.25, -0.2) is 0 Å². The number of rotatable bonds is 2. The number of benzene rings is 3. The molecule has 2 heterocycles. The van der Waals surface area contributed by atoms with Crippen LogP contribution in [0.3, 0.4) is 0 Å². The molecule has 124 valence electrons. The monoisotopic (exact) mass is 328 g/mol. The largest absolute Gasteiger partial charge is 0.492 e. The molecule has 25 heavy (non-hydrogen) atoms. The molecule has 1 fully saturated rings. The lowest BCUT2D eigenvalue weighted by Crippen LogP contribution is -2.84. The van der Waals surface area contributed by atoms with Crippen molar-refractivity contribution >= 4 is 0 Å². The number of nitrogens with two attached hydrogens (primary N) is 1. The van der Waals surface area contributed by atoms with Crippen LogP contribution in [0.25, 0.3) is 0 Å². The maximum atomic E-state index is 6.15. The summed E-state index contributed by atoms with van der Waals surface area (Å²) in [6, 6.07) is 31.3. The summed E-state index contributed by atoms with van der Waals surface area (Å²) in [7, 11) is 0. The SMILES string of the molecule is c1ccc([C@H]2[C@@H]3COc4ccccc4[C@@H]3[NH2+][C@@H]2c2ccccc2)cc1. The van der Waals surface area contributed by atoms with Gasteiger partial charge in [-0.2, -0.15) is 0 Å². The predicted molar refractivity (Wildman–Crippen MR) is 98.5 cm³/mol. The van der Waals surface area contributed by atoms with Crippen LogP contribution in [0.1, 0.15) is 34.7 Å². The molecule has 0 spiro atoms. The highest BCUT2D eigenvalue weighted by atomic mass is 16.5. The highest BCUT2D eigenvalue weighted by Crippen LogP contribution is 2.48. The van der Waals surface area contributed by atoms with E-state index in [9.17, 15) is 0 Å². The molecule has 0 aliphatic carbocycles. The van der Waals surface area contributed by atoms with Crippen LogP contribution in [0.15, 0.2) is 84.9 Å². The van der Waals surface area contributed by atoms with Crippen molar-refractivity contribution in [3.63, 3.8) is 0 Å². The van der Waals surface area contributed by atoms with Gasteiger partial charge in [0.2, 0.25) is 0 Å². The molecule has 3 aromatic rings. The van der Waals surface area contributed by atoms with Crippen LogP contribution in [-0.2, 0) is 0 Å². The molecular formula is C23H22NO+. The summed E-state index contributed by atoms with van der Waals surface area (Å²) in [5, 5.41) is 2.57. The quantitative estimate of drug-likeness (QED) is 0.760. The Bertz CT molecular complexity index is 862. The minimum Gasteiger partial charge on any atom is -0.492 e. The van der Waals surface area contributed by atoms with Gasteiger partial charge in [-0.1, -0.05) is 72.8 Å². The van der Waals surface area contributed by atoms with Gasteiger partial charge < -0.3 is 10.1 Å². The van der Waals surface area contributed by atoms with Gasteiger partial charge in [-0.05, 0) is 17.7 Å². The van der Waals surface area contributed by atoms with Crippen LogP contribution in [0.4, 0.5) is 0 Å². The molecule has 2 nitrogen and oxygen atoms in total. The number of quaternary nitrogens is 1. The van der Waals surface area contributed by atoms with Gasteiger partial charge in [0.25, 0.3) is 0 Å². The summed E-state index contributed by atoms with van der Waals surface area (Å²) in [4.78, 5) is 0. The van der Waals surface area contributed by atoms with Crippen molar-refractivity contribution < 1.29 is 10.1 Å². The van der Waals surface area contributed by atoms with Gasteiger partial charge in [-0.15, -0.1) is 0 Å². The lowest BCUT2D eigenvalue weighted by Gasteiger charge is -2.28. The lowest BCUT2D eigenvalue weighted by molar-refractivity contribution is -0.718. The summed E-state index contributed by atoms with van der Waals surface area (Å²) in [6.45, 7) is 0.793. The Balaban J connectivity index is 1.62. The van der Waals surface area contributed by atoms with E-state index < -0.39 is 0 Å². The van der Waals surface area contributed by atoms with E-state index in [1.54, 1.807) is 0 Å². The van der Waals surface area contributed by atoms with Crippen molar-refractivity contribution in [1.82, 2.24) is 0 Å². The third kappa shape index (κ3) is 2.45. The first kappa shape index (κ1) is 14.7. The minimum atomic E-state index is 0.424. The van der Waals surface area contributed by atoms with Gasteiger partial charge in [0.15, 0.2) is 0 Å². The molecule has 2 aliphatic heterocycles. The highest BCUT2D eigenvalue weighted by molar-refractivity contribution is 5.40. The molecule has 2 aliphatic rings. The summed E-state index contributed by atoms with van der Waals surface area (Å²) >= 11 is 0. The standard InChI is InChI=1S/C23H21NO/c1-3-9-16(10-4-1)21-19-15-25-20-14-8-7-13-18(20)23(19)24-22(21)17-11-5-2-6-12-17/h1-14,19,21-24H,15H2/p+1/t19-,21-,22+,23-/m0/s1. The summed E-state index contributed by atoms with van der Waals surface area (Å²) in [6.07, 6.45) is 0. The molecule has 0 aromatic heterocycles. The van der Waals surface area contributed by atoms with E-state index in [0.717, 1.165) is 12.4 Å². The first-order chi connectivity index (χ1) is 12.4. The molecular weight excluding hydrogens is 306 g/mol. The Morgan fingerprint density at radius 1 is 0.680 bits per heavy atom. The van der Waals surface area contributed by atoms with E-state index in [4.69, 9.17) is 4.74 Å². The van der Waals surface area contributed by atoms with Crippen LogP contribution in [0, 0.1) is 5.92 Å².